The van der Waals surface area contributed by atoms with Gasteiger partial charge in [-0.15, -0.1) is 0 Å². The molecule has 0 bridgehead atoms. The molecule has 0 radical (unpaired) electrons. The minimum Gasteiger partial charge on any atom is -0.463 e. The van der Waals surface area contributed by atoms with Crippen molar-refractivity contribution < 1.29 is 28.2 Å². The minimum absolute atomic E-state index is 0.0429. The molecule has 1 aromatic carbocycles. The van der Waals surface area contributed by atoms with Gasteiger partial charge in [-0.1, -0.05) is 23.8 Å². The fraction of sp³-hybridized carbons (Fsp3) is 0.476. The van der Waals surface area contributed by atoms with E-state index in [9.17, 15) is 18.8 Å². The van der Waals surface area contributed by atoms with Crippen molar-refractivity contribution in [3.63, 3.8) is 0 Å². The number of aliphatic imine (C=N–C) groups is 1. The van der Waals surface area contributed by atoms with Crippen LogP contribution in [-0.4, -0.2) is 58.9 Å². The summed E-state index contributed by atoms with van der Waals surface area (Å²) in [6, 6.07) is 2.05. The molecule has 1 aliphatic rings. The Labute approximate surface area is 196 Å². The highest BCUT2D eigenvalue weighted by Crippen LogP contribution is 2.29. The number of rotatable bonds is 5. The van der Waals surface area contributed by atoms with Gasteiger partial charge in [0.2, 0.25) is 11.5 Å². The molecule has 8 nitrogen and oxygen atoms in total. The molecule has 0 spiro atoms. The summed E-state index contributed by atoms with van der Waals surface area (Å²) in [5.41, 5.74) is -1.98. The van der Waals surface area contributed by atoms with E-state index in [1.165, 1.54) is 20.8 Å². The first-order valence-corrected chi connectivity index (χ1v) is 10.8. The zero-order valence-corrected chi connectivity index (χ0v) is 19.9. The molecule has 1 amide bonds. The van der Waals surface area contributed by atoms with Gasteiger partial charge in [0.25, 0.3) is 0 Å². The quantitative estimate of drug-likeness (QED) is 0.294. The number of benzene rings is 1. The van der Waals surface area contributed by atoms with Crippen LogP contribution in [-0.2, 0) is 19.1 Å². The lowest BCUT2D eigenvalue weighted by Gasteiger charge is -2.23. The monoisotopic (exact) mass is 485 g/mol. The predicted molar refractivity (Wildman–Crippen MR) is 122 cm³/mol. The summed E-state index contributed by atoms with van der Waals surface area (Å²) in [7, 11) is 0. The van der Waals surface area contributed by atoms with Gasteiger partial charge in [0.1, 0.15) is 16.5 Å². The van der Waals surface area contributed by atoms with E-state index in [4.69, 9.17) is 33.3 Å². The molecule has 0 atom stereocenters. The Hall–Kier alpha value is -2.59. The number of likely N-dealkylation sites (tertiary alicyclic amines) is 1. The van der Waals surface area contributed by atoms with Crippen LogP contribution in [0.5, 0.6) is 0 Å². The van der Waals surface area contributed by atoms with E-state index in [0.29, 0.717) is 13.1 Å². The summed E-state index contributed by atoms with van der Waals surface area (Å²) >= 11 is 11.3. The molecule has 1 aromatic rings. The third-order valence-electron chi connectivity index (χ3n) is 4.50. The molecule has 1 N–H and O–H groups in total. The van der Waals surface area contributed by atoms with Crippen LogP contribution in [0.2, 0.25) is 5.02 Å². The van der Waals surface area contributed by atoms with Gasteiger partial charge in [0.05, 0.1) is 17.2 Å². The molecule has 0 saturated carbocycles. The Morgan fingerprint density at radius 3 is 2.47 bits per heavy atom. The fourth-order valence-electron chi connectivity index (χ4n) is 2.94. The zero-order valence-electron chi connectivity index (χ0n) is 18.3. The van der Waals surface area contributed by atoms with E-state index in [1.807, 2.05) is 4.90 Å². The van der Waals surface area contributed by atoms with Gasteiger partial charge in [-0.2, -0.15) is 0 Å². The number of carbonyl (C=O) groups excluding carboxylic acids is 3. The molecule has 1 heterocycles. The standard InChI is InChI=1S/C21H25ClFN3O5S/c1-5-30-20(29)21(3,4)31-19(28)13-10-16(15(23)11-14(13)22)25-17(18(32)24-12(2)27)26-8-6-7-9-26/h10-11H,5-9H2,1-4H3,(H,24,27,32). The van der Waals surface area contributed by atoms with Crippen LogP contribution in [0.3, 0.4) is 0 Å². The van der Waals surface area contributed by atoms with Gasteiger partial charge in [-0.05, 0) is 45.7 Å². The van der Waals surface area contributed by atoms with Crippen molar-refractivity contribution in [2.24, 2.45) is 4.99 Å². The lowest BCUT2D eigenvalue weighted by atomic mass is 10.1. The number of hydrogen-bond acceptors (Lipinski definition) is 7. The molecule has 0 aliphatic carbocycles. The van der Waals surface area contributed by atoms with Crippen LogP contribution < -0.4 is 5.32 Å². The normalized spacial score (nSPS) is 14.2. The number of nitrogens with zero attached hydrogens (tertiary/aromatic N) is 2. The van der Waals surface area contributed by atoms with E-state index in [2.05, 4.69) is 10.3 Å². The van der Waals surface area contributed by atoms with Gasteiger partial charge in [0, 0.05) is 20.0 Å². The fourth-order valence-corrected chi connectivity index (χ4v) is 3.48. The molecule has 32 heavy (non-hydrogen) atoms. The average molecular weight is 486 g/mol. The van der Waals surface area contributed by atoms with E-state index in [0.717, 1.165) is 25.0 Å². The van der Waals surface area contributed by atoms with Gasteiger partial charge in [-0.25, -0.2) is 19.0 Å². The molecular weight excluding hydrogens is 461 g/mol. The van der Waals surface area contributed by atoms with Crippen LogP contribution in [0.1, 0.15) is 50.9 Å². The van der Waals surface area contributed by atoms with E-state index >= 15 is 0 Å². The van der Waals surface area contributed by atoms with Crippen LogP contribution >= 0.6 is 23.8 Å². The van der Waals surface area contributed by atoms with Gasteiger partial charge >= 0.3 is 11.9 Å². The summed E-state index contributed by atoms with van der Waals surface area (Å²) in [5.74, 6) is -2.65. The van der Waals surface area contributed by atoms with Crippen molar-refractivity contribution in [1.82, 2.24) is 10.2 Å². The van der Waals surface area contributed by atoms with Crippen molar-refractivity contribution in [1.29, 1.82) is 0 Å². The maximum atomic E-state index is 14.7. The van der Waals surface area contributed by atoms with Gasteiger partial charge in [-0.3, -0.25) is 4.79 Å². The Bertz CT molecular complexity index is 961. The van der Waals surface area contributed by atoms with Gasteiger partial charge < -0.3 is 19.7 Å². The first kappa shape index (κ1) is 25.7. The summed E-state index contributed by atoms with van der Waals surface area (Å²) < 4.78 is 24.8. The first-order chi connectivity index (χ1) is 15.0. The second kappa shape index (κ2) is 10.8. The number of amidine groups is 1. The van der Waals surface area contributed by atoms with E-state index in [1.54, 1.807) is 6.92 Å². The van der Waals surface area contributed by atoms with Crippen molar-refractivity contribution >= 4 is 58.2 Å². The number of ether oxygens (including phenoxy) is 2. The molecule has 1 fully saturated rings. The first-order valence-electron chi connectivity index (χ1n) is 10.0. The van der Waals surface area contributed by atoms with Crippen molar-refractivity contribution in [2.45, 2.75) is 46.1 Å². The van der Waals surface area contributed by atoms with Crippen LogP contribution in [0, 0.1) is 5.82 Å². The van der Waals surface area contributed by atoms with Crippen molar-refractivity contribution in [3.05, 3.63) is 28.5 Å². The zero-order chi connectivity index (χ0) is 24.1. The molecule has 0 aromatic heterocycles. The number of thiocarbonyl (C=S) groups is 1. The highest BCUT2D eigenvalue weighted by molar-refractivity contribution is 7.82. The maximum Gasteiger partial charge on any atom is 0.350 e. The molecule has 11 heteroatoms. The van der Waals surface area contributed by atoms with Crippen LogP contribution in [0.25, 0.3) is 0 Å². The van der Waals surface area contributed by atoms with Crippen LogP contribution in [0.4, 0.5) is 10.1 Å². The van der Waals surface area contributed by atoms with Crippen molar-refractivity contribution in [2.75, 3.05) is 19.7 Å². The summed E-state index contributed by atoms with van der Waals surface area (Å²) in [4.78, 5) is 42.3. The second-order valence-electron chi connectivity index (χ2n) is 7.54. The number of hydrogen-bond donors (Lipinski definition) is 1. The Balaban J connectivity index is 2.43. The molecule has 1 aliphatic heterocycles. The summed E-state index contributed by atoms with van der Waals surface area (Å²) in [6.07, 6.45) is 1.79. The molecule has 1 saturated heterocycles. The lowest BCUT2D eigenvalue weighted by Crippen LogP contribution is -2.42. The average Bonchev–Trinajstić information content (AvgIpc) is 3.20. The largest absolute Gasteiger partial charge is 0.463 e. The number of amides is 1. The Morgan fingerprint density at radius 2 is 1.91 bits per heavy atom. The second-order valence-corrected chi connectivity index (χ2v) is 8.36. The predicted octanol–water partition coefficient (Wildman–Crippen LogP) is 3.57. The number of esters is 2. The number of nitrogens with one attached hydrogen (secondary N) is 1. The molecule has 2 rings (SSSR count). The Kier molecular flexibility index (Phi) is 8.68. The third-order valence-corrected chi connectivity index (χ3v) is 5.09. The van der Waals surface area contributed by atoms with E-state index < -0.39 is 23.4 Å². The minimum atomic E-state index is -1.58. The maximum absolute atomic E-state index is 14.7. The molecular formula is C21H25ClFN3O5S. The SMILES string of the molecule is CCOC(=O)C(C)(C)OC(=O)c1cc(N=C(C(=S)NC(C)=O)N2CCCC2)c(F)cc1Cl. The lowest BCUT2D eigenvalue weighted by molar-refractivity contribution is -0.162. The number of carbonyl (C=O) groups is 3. The molecule has 174 valence electrons. The highest BCUT2D eigenvalue weighted by atomic mass is 35.5. The topological polar surface area (TPSA) is 97.3 Å². The molecule has 0 unspecified atom stereocenters. The smallest absolute Gasteiger partial charge is 0.350 e. The summed E-state index contributed by atoms with van der Waals surface area (Å²) in [5, 5.41) is 2.28. The number of halogens is 2. The van der Waals surface area contributed by atoms with Crippen molar-refractivity contribution in [3.8, 4) is 0 Å². The van der Waals surface area contributed by atoms with Gasteiger partial charge in [0.15, 0.2) is 5.84 Å². The highest BCUT2D eigenvalue weighted by Gasteiger charge is 2.35. The van der Waals surface area contributed by atoms with E-state index in [-0.39, 0.29) is 39.6 Å². The summed E-state index contributed by atoms with van der Waals surface area (Å²) in [6.45, 7) is 7.06. The van der Waals surface area contributed by atoms with Crippen LogP contribution in [0.15, 0.2) is 17.1 Å². The third kappa shape index (κ3) is 6.46. The Morgan fingerprint density at radius 1 is 1.28 bits per heavy atom.